The van der Waals surface area contributed by atoms with Crippen LogP contribution >= 0.6 is 0 Å². The SMILES string of the molecule is Cc1ccc(C)n1NC(=O)c1ccc(OCC(=O)NCc2ccc(F)cc2)cc1. The zero-order valence-corrected chi connectivity index (χ0v) is 16.2. The molecule has 2 N–H and O–H groups in total. The zero-order valence-electron chi connectivity index (χ0n) is 16.2. The first-order valence-corrected chi connectivity index (χ1v) is 9.12. The fourth-order valence-corrected chi connectivity index (χ4v) is 2.72. The van der Waals surface area contributed by atoms with E-state index in [1.54, 1.807) is 41.1 Å². The Labute approximate surface area is 168 Å². The molecule has 0 aliphatic heterocycles. The third-order valence-corrected chi connectivity index (χ3v) is 4.37. The third-order valence-electron chi connectivity index (χ3n) is 4.37. The van der Waals surface area contributed by atoms with Gasteiger partial charge in [0.15, 0.2) is 6.61 Å². The van der Waals surface area contributed by atoms with Crippen LogP contribution < -0.4 is 15.5 Å². The number of hydrogen-bond acceptors (Lipinski definition) is 3. The van der Waals surface area contributed by atoms with E-state index in [0.717, 1.165) is 17.0 Å². The van der Waals surface area contributed by atoms with E-state index in [2.05, 4.69) is 10.7 Å². The molecule has 0 radical (unpaired) electrons. The van der Waals surface area contributed by atoms with Gasteiger partial charge in [0.2, 0.25) is 0 Å². The number of rotatable bonds is 7. The largest absolute Gasteiger partial charge is 0.484 e. The molecular weight excluding hydrogens is 373 g/mol. The highest BCUT2D eigenvalue weighted by atomic mass is 19.1. The van der Waals surface area contributed by atoms with Gasteiger partial charge in [-0.2, -0.15) is 0 Å². The van der Waals surface area contributed by atoms with Gasteiger partial charge in [-0.25, -0.2) is 4.39 Å². The van der Waals surface area contributed by atoms with Crippen LogP contribution in [-0.4, -0.2) is 23.1 Å². The molecule has 1 aromatic heterocycles. The van der Waals surface area contributed by atoms with Gasteiger partial charge in [0.1, 0.15) is 11.6 Å². The van der Waals surface area contributed by atoms with Crippen LogP contribution in [0.3, 0.4) is 0 Å². The second-order valence-electron chi connectivity index (χ2n) is 6.61. The summed E-state index contributed by atoms with van der Waals surface area (Å²) in [6.07, 6.45) is 0. The van der Waals surface area contributed by atoms with Gasteiger partial charge in [-0.05, 0) is 67.9 Å². The lowest BCUT2D eigenvalue weighted by Gasteiger charge is -2.12. The Morgan fingerprint density at radius 1 is 0.931 bits per heavy atom. The molecule has 0 aliphatic rings. The quantitative estimate of drug-likeness (QED) is 0.645. The summed E-state index contributed by atoms with van der Waals surface area (Å²) in [5.74, 6) is -0.378. The molecule has 150 valence electrons. The summed E-state index contributed by atoms with van der Waals surface area (Å²) in [5.41, 5.74) is 5.97. The van der Waals surface area contributed by atoms with Gasteiger partial charge in [-0.3, -0.25) is 19.7 Å². The number of carbonyl (C=O) groups excluding carboxylic acids is 2. The van der Waals surface area contributed by atoms with Crippen LogP contribution in [-0.2, 0) is 11.3 Å². The van der Waals surface area contributed by atoms with Crippen LogP contribution in [0.5, 0.6) is 5.75 Å². The normalized spacial score (nSPS) is 10.4. The maximum absolute atomic E-state index is 12.9. The Hall–Kier alpha value is -3.61. The molecule has 0 fully saturated rings. The lowest BCUT2D eigenvalue weighted by atomic mass is 10.2. The number of nitrogens with zero attached hydrogens (tertiary/aromatic N) is 1. The second kappa shape index (κ2) is 9.05. The summed E-state index contributed by atoms with van der Waals surface area (Å²) in [6.45, 7) is 3.95. The zero-order chi connectivity index (χ0) is 20.8. The summed E-state index contributed by atoms with van der Waals surface area (Å²) < 4.78 is 20.0. The molecule has 29 heavy (non-hydrogen) atoms. The molecule has 6 nitrogen and oxygen atoms in total. The minimum Gasteiger partial charge on any atom is -0.484 e. The Bertz CT molecular complexity index is 976. The molecule has 0 saturated carbocycles. The molecular formula is C22H22FN3O3. The molecule has 0 spiro atoms. The topological polar surface area (TPSA) is 72.4 Å². The lowest BCUT2D eigenvalue weighted by Crippen LogP contribution is -2.28. The molecule has 0 saturated heterocycles. The van der Waals surface area contributed by atoms with Crippen LogP contribution in [0.4, 0.5) is 4.39 Å². The van der Waals surface area contributed by atoms with E-state index in [0.29, 0.717) is 17.9 Å². The average molecular weight is 395 g/mol. The standard InChI is InChI=1S/C22H22FN3O3/c1-15-3-4-16(2)26(15)25-22(28)18-7-11-20(12-8-18)29-14-21(27)24-13-17-5-9-19(23)10-6-17/h3-12H,13-14H2,1-2H3,(H,24,27)(H,25,28). The molecule has 0 unspecified atom stereocenters. The molecule has 0 bridgehead atoms. The molecule has 1 heterocycles. The summed E-state index contributed by atoms with van der Waals surface area (Å²) >= 11 is 0. The van der Waals surface area contributed by atoms with Crippen molar-refractivity contribution in [2.24, 2.45) is 0 Å². The van der Waals surface area contributed by atoms with Gasteiger partial charge in [0, 0.05) is 23.5 Å². The van der Waals surface area contributed by atoms with Gasteiger partial charge < -0.3 is 10.1 Å². The predicted molar refractivity (Wildman–Crippen MR) is 108 cm³/mol. The molecule has 0 aliphatic carbocycles. The maximum atomic E-state index is 12.9. The van der Waals surface area contributed by atoms with E-state index in [4.69, 9.17) is 4.74 Å². The molecule has 0 atom stereocenters. The molecule has 3 rings (SSSR count). The highest BCUT2D eigenvalue weighted by molar-refractivity contribution is 6.00. The molecule has 2 amide bonds. The van der Waals surface area contributed by atoms with Crippen molar-refractivity contribution in [2.45, 2.75) is 20.4 Å². The number of carbonyl (C=O) groups is 2. The summed E-state index contributed by atoms with van der Waals surface area (Å²) in [6, 6.07) is 16.3. The Morgan fingerprint density at radius 3 is 2.17 bits per heavy atom. The Kier molecular flexibility index (Phi) is 6.29. The van der Waals surface area contributed by atoms with E-state index < -0.39 is 0 Å². The average Bonchev–Trinajstić information content (AvgIpc) is 3.04. The smallest absolute Gasteiger partial charge is 0.270 e. The summed E-state index contributed by atoms with van der Waals surface area (Å²) in [4.78, 5) is 24.3. The van der Waals surface area contributed by atoms with Gasteiger partial charge in [-0.1, -0.05) is 12.1 Å². The van der Waals surface area contributed by atoms with E-state index in [1.807, 2.05) is 26.0 Å². The number of aromatic nitrogens is 1. The van der Waals surface area contributed by atoms with Crippen LogP contribution in [0.2, 0.25) is 0 Å². The number of nitrogens with one attached hydrogen (secondary N) is 2. The molecule has 7 heteroatoms. The van der Waals surface area contributed by atoms with E-state index >= 15 is 0 Å². The van der Waals surface area contributed by atoms with Crippen LogP contribution in [0.1, 0.15) is 27.3 Å². The first kappa shape index (κ1) is 20.1. The van der Waals surface area contributed by atoms with Crippen molar-refractivity contribution in [3.05, 3.63) is 89.0 Å². The van der Waals surface area contributed by atoms with Crippen molar-refractivity contribution in [3.8, 4) is 5.75 Å². The van der Waals surface area contributed by atoms with E-state index in [9.17, 15) is 14.0 Å². The Morgan fingerprint density at radius 2 is 1.55 bits per heavy atom. The van der Waals surface area contributed by atoms with Crippen LogP contribution in [0.15, 0.2) is 60.7 Å². The van der Waals surface area contributed by atoms with Crippen LogP contribution in [0.25, 0.3) is 0 Å². The highest BCUT2D eigenvalue weighted by Crippen LogP contribution is 2.13. The van der Waals surface area contributed by atoms with Gasteiger partial charge in [0.05, 0.1) is 0 Å². The van der Waals surface area contributed by atoms with Crippen molar-refractivity contribution in [2.75, 3.05) is 12.0 Å². The minimum absolute atomic E-state index is 0.158. The number of amides is 2. The fourth-order valence-electron chi connectivity index (χ4n) is 2.72. The maximum Gasteiger partial charge on any atom is 0.270 e. The lowest BCUT2D eigenvalue weighted by molar-refractivity contribution is -0.123. The number of ether oxygens (including phenoxy) is 1. The number of halogens is 1. The first-order chi connectivity index (χ1) is 13.9. The Balaban J connectivity index is 1.48. The van der Waals surface area contributed by atoms with E-state index in [-0.39, 0.29) is 24.2 Å². The van der Waals surface area contributed by atoms with E-state index in [1.165, 1.54) is 12.1 Å². The van der Waals surface area contributed by atoms with Crippen LogP contribution in [0, 0.1) is 19.7 Å². The fraction of sp³-hybridized carbons (Fsp3) is 0.182. The number of hydrogen-bond donors (Lipinski definition) is 2. The number of aryl methyl sites for hydroxylation is 2. The van der Waals surface area contributed by atoms with Gasteiger partial charge in [-0.15, -0.1) is 0 Å². The van der Waals surface area contributed by atoms with Crippen molar-refractivity contribution in [1.82, 2.24) is 9.99 Å². The van der Waals surface area contributed by atoms with Crippen molar-refractivity contribution in [1.29, 1.82) is 0 Å². The molecule has 3 aromatic rings. The van der Waals surface area contributed by atoms with Crippen molar-refractivity contribution < 1.29 is 18.7 Å². The van der Waals surface area contributed by atoms with Gasteiger partial charge >= 0.3 is 0 Å². The summed E-state index contributed by atoms with van der Waals surface area (Å²) in [7, 11) is 0. The first-order valence-electron chi connectivity index (χ1n) is 9.12. The molecule has 2 aromatic carbocycles. The number of benzene rings is 2. The second-order valence-corrected chi connectivity index (χ2v) is 6.61. The van der Waals surface area contributed by atoms with Crippen molar-refractivity contribution in [3.63, 3.8) is 0 Å². The van der Waals surface area contributed by atoms with Crippen molar-refractivity contribution >= 4 is 11.8 Å². The third kappa shape index (κ3) is 5.44. The highest BCUT2D eigenvalue weighted by Gasteiger charge is 2.09. The predicted octanol–water partition coefficient (Wildman–Crippen LogP) is 3.32. The minimum atomic E-state index is -0.320. The summed E-state index contributed by atoms with van der Waals surface area (Å²) in [5, 5.41) is 2.70. The monoisotopic (exact) mass is 395 g/mol. The van der Waals surface area contributed by atoms with Gasteiger partial charge in [0.25, 0.3) is 11.8 Å².